The zero-order chi connectivity index (χ0) is 48.4. The maximum atomic E-state index is 13.3. The number of ether oxygens (including phenoxy) is 1. The molecule has 0 heterocycles. The van der Waals surface area contributed by atoms with Crippen LogP contribution in [-0.2, 0) is 12.8 Å². The van der Waals surface area contributed by atoms with Crippen molar-refractivity contribution in [2.24, 2.45) is 0 Å². The highest BCUT2D eigenvalue weighted by molar-refractivity contribution is 6.40. The number of aromatic hydroxyl groups is 1. The average molecular weight is 956 g/mol. The van der Waals surface area contributed by atoms with E-state index in [-0.39, 0.29) is 10.9 Å². The molecule has 0 aliphatic rings. The van der Waals surface area contributed by atoms with Crippen LogP contribution in [0.5, 0.6) is 11.5 Å². The Kier molecular flexibility index (Phi) is 24.5. The van der Waals surface area contributed by atoms with Gasteiger partial charge < -0.3 is 14.9 Å². The Bertz CT molecular complexity index is 2330. The van der Waals surface area contributed by atoms with Crippen LogP contribution in [0.2, 0.25) is 0 Å². The Labute approximate surface area is 393 Å². The lowest BCUT2D eigenvalue weighted by molar-refractivity contribution is 0.0694. The first kappa shape index (κ1) is 54.6. The summed E-state index contributed by atoms with van der Waals surface area (Å²) in [6.07, 6.45) is 15.0. The summed E-state index contributed by atoms with van der Waals surface area (Å²) in [5.74, 6) is -11.5. The number of carboxylic acid groups (broad SMARTS) is 1. The minimum atomic E-state index is -1.60. The number of carboxylic acids is 1. The summed E-state index contributed by atoms with van der Waals surface area (Å²) in [6.45, 7) is 4.45. The molecule has 0 fully saturated rings. The predicted octanol–water partition coefficient (Wildman–Crippen LogP) is 16.3. The lowest BCUT2D eigenvalue weighted by atomic mass is 10.00. The van der Waals surface area contributed by atoms with Crippen LogP contribution < -0.4 is 4.74 Å². The van der Waals surface area contributed by atoms with Gasteiger partial charge in [0, 0.05) is 24.3 Å². The Hall–Kier alpha value is -5.78. The van der Waals surface area contributed by atoms with Crippen LogP contribution in [0.25, 0.3) is 22.3 Å². The molecule has 6 aromatic carbocycles. The van der Waals surface area contributed by atoms with Gasteiger partial charge in [-0.25, -0.2) is 35.9 Å². The summed E-state index contributed by atoms with van der Waals surface area (Å²) >= 11 is 9.53. The van der Waals surface area contributed by atoms with E-state index in [1.807, 2.05) is 12.1 Å². The van der Waals surface area contributed by atoms with Crippen LogP contribution in [0.1, 0.15) is 110 Å². The second-order valence-electron chi connectivity index (χ2n) is 15.1. The van der Waals surface area contributed by atoms with E-state index in [1.165, 1.54) is 75.3 Å². The van der Waals surface area contributed by atoms with Crippen molar-refractivity contribution in [1.82, 2.24) is 0 Å². The maximum Gasteiger partial charge on any atom is 0.343 e. The molecule has 0 amide bonds. The number of benzene rings is 6. The van der Waals surface area contributed by atoms with Crippen LogP contribution in [0.4, 0.5) is 26.3 Å². The topological polar surface area (TPSA) is 83.8 Å². The van der Waals surface area contributed by atoms with E-state index in [4.69, 9.17) is 38.2 Å². The van der Waals surface area contributed by atoms with Crippen LogP contribution in [0, 0.1) is 34.9 Å². The molecule has 2 N–H and O–H groups in total. The molecule has 6 rings (SSSR count). The molecular weight excluding hydrogens is 901 g/mol. The van der Waals surface area contributed by atoms with Gasteiger partial charge in [-0.15, -0.1) is 23.2 Å². The van der Waals surface area contributed by atoms with Crippen molar-refractivity contribution in [2.45, 2.75) is 90.9 Å². The molecule has 0 aliphatic heterocycles. The van der Waals surface area contributed by atoms with Crippen molar-refractivity contribution in [2.75, 3.05) is 5.34 Å². The van der Waals surface area contributed by atoms with Crippen molar-refractivity contribution in [3.8, 4) is 33.8 Å². The zero-order valence-electron chi connectivity index (χ0n) is 36.9. The number of carbonyl (C=O) groups excluding carboxylic acids is 1. The molecule has 0 aliphatic carbocycles. The Morgan fingerprint density at radius 2 is 0.803 bits per heavy atom. The fourth-order valence-corrected chi connectivity index (χ4v) is 6.50. The molecular formula is C53H54Cl2F6O5. The second-order valence-corrected chi connectivity index (χ2v) is 15.9. The Morgan fingerprint density at radius 3 is 1.15 bits per heavy atom. The molecule has 0 unspecified atom stereocenters. The number of phenolic OH excluding ortho intramolecular Hbond substituents is 1. The summed E-state index contributed by atoms with van der Waals surface area (Å²) in [7, 11) is 0. The first-order valence-electron chi connectivity index (χ1n) is 21.6. The normalized spacial score (nSPS) is 10.4. The zero-order valence-corrected chi connectivity index (χ0v) is 38.4. The van der Waals surface area contributed by atoms with Crippen molar-refractivity contribution in [3.63, 3.8) is 0 Å². The van der Waals surface area contributed by atoms with Gasteiger partial charge in [0.1, 0.15) is 11.5 Å². The molecule has 13 heteroatoms. The molecule has 352 valence electrons. The summed E-state index contributed by atoms with van der Waals surface area (Å²) in [5, 5.41) is 17.6. The van der Waals surface area contributed by atoms with E-state index in [9.17, 15) is 35.9 Å². The summed E-state index contributed by atoms with van der Waals surface area (Å²) in [6, 6.07) is 33.0. The highest BCUT2D eigenvalue weighted by Gasteiger charge is 2.15. The maximum absolute atomic E-state index is 13.3. The minimum Gasteiger partial charge on any atom is -0.508 e. The molecule has 0 bridgehead atoms. The van der Waals surface area contributed by atoms with Crippen molar-refractivity contribution in [3.05, 3.63) is 178 Å². The first-order chi connectivity index (χ1) is 31.7. The van der Waals surface area contributed by atoms with Gasteiger partial charge in [0.2, 0.25) is 0 Å². The number of alkyl halides is 2. The van der Waals surface area contributed by atoms with Gasteiger partial charge >= 0.3 is 11.9 Å². The fraction of sp³-hybridized carbons (Fsp3) is 0.283. The molecule has 5 nitrogen and oxygen atoms in total. The number of unbranched alkanes of at least 4 members (excludes halogenated alkanes) is 8. The van der Waals surface area contributed by atoms with E-state index in [2.05, 4.69) is 62.4 Å². The van der Waals surface area contributed by atoms with Crippen molar-refractivity contribution >= 4 is 35.1 Å². The lowest BCUT2D eigenvalue weighted by Crippen LogP contribution is -2.09. The third-order valence-electron chi connectivity index (χ3n) is 10.1. The van der Waals surface area contributed by atoms with E-state index in [0.29, 0.717) is 29.8 Å². The van der Waals surface area contributed by atoms with Crippen LogP contribution in [0.15, 0.2) is 121 Å². The second kappa shape index (κ2) is 29.7. The number of rotatable bonds is 17. The summed E-state index contributed by atoms with van der Waals surface area (Å²) < 4.78 is 80.7. The monoisotopic (exact) mass is 954 g/mol. The summed E-state index contributed by atoms with van der Waals surface area (Å²) in [4.78, 5) is 23.1. The first-order valence-corrected chi connectivity index (χ1v) is 22.7. The van der Waals surface area contributed by atoms with E-state index < -0.39 is 58.3 Å². The van der Waals surface area contributed by atoms with Gasteiger partial charge in [-0.1, -0.05) is 138 Å². The highest BCUT2D eigenvalue weighted by Crippen LogP contribution is 2.25. The van der Waals surface area contributed by atoms with E-state index >= 15 is 0 Å². The van der Waals surface area contributed by atoms with Gasteiger partial charge in [0.25, 0.3) is 0 Å². The number of carbonyl (C=O) groups is 2. The number of halogens is 8. The van der Waals surface area contributed by atoms with Crippen LogP contribution in [0.3, 0.4) is 0 Å². The molecule has 0 spiro atoms. The predicted molar refractivity (Wildman–Crippen MR) is 251 cm³/mol. The number of aryl methyl sites for hydroxylation is 2. The third-order valence-corrected chi connectivity index (χ3v) is 10.1. The van der Waals surface area contributed by atoms with E-state index in [1.54, 1.807) is 36.4 Å². The van der Waals surface area contributed by atoms with Gasteiger partial charge in [0.05, 0.1) is 16.5 Å². The van der Waals surface area contributed by atoms with E-state index in [0.717, 1.165) is 35.1 Å². The van der Waals surface area contributed by atoms with Gasteiger partial charge in [-0.2, -0.15) is 0 Å². The van der Waals surface area contributed by atoms with Crippen molar-refractivity contribution in [1.29, 1.82) is 0 Å². The van der Waals surface area contributed by atoms with Crippen LogP contribution in [-0.4, -0.2) is 27.5 Å². The Morgan fingerprint density at radius 1 is 0.485 bits per heavy atom. The van der Waals surface area contributed by atoms with Gasteiger partial charge in [-0.3, -0.25) is 0 Å². The number of hydrogen-bond donors (Lipinski definition) is 2. The molecule has 0 radical (unpaired) electrons. The highest BCUT2D eigenvalue weighted by atomic mass is 35.5. The largest absolute Gasteiger partial charge is 0.508 e. The molecule has 66 heavy (non-hydrogen) atoms. The summed E-state index contributed by atoms with van der Waals surface area (Å²) in [5.41, 5.74) is 7.38. The molecule has 0 saturated carbocycles. The minimum absolute atomic E-state index is 0.194. The number of hydrogen-bond acceptors (Lipinski definition) is 4. The SMILES string of the molecule is CCCCCCCc1ccc(-c2ccc(C(=O)O)cc2)cc1.CCCCCCCc1ccc(-c2ccc(C(=O)Oc3cc(F)c(F)c(F)c3)cc2)cc1.ClCCl.Oc1cc(F)c(F)c(F)c1. The molecule has 6 aromatic rings. The quantitative estimate of drug-likeness (QED) is 0.0238. The molecule has 0 saturated heterocycles. The van der Waals surface area contributed by atoms with Crippen molar-refractivity contribution < 1.29 is 50.9 Å². The third kappa shape index (κ3) is 19.0. The average Bonchev–Trinajstić information content (AvgIpc) is 3.31. The lowest BCUT2D eigenvalue weighted by Gasteiger charge is -2.08. The van der Waals surface area contributed by atoms with Gasteiger partial charge in [-0.05, 0) is 83.3 Å². The molecule has 0 atom stereocenters. The van der Waals surface area contributed by atoms with Gasteiger partial charge in [0.15, 0.2) is 34.9 Å². The standard InChI is InChI=1S/C26H25F3O2.C20H24O2.C6H3F3O.CH2Cl2/c1-2-3-4-5-6-7-18-8-10-19(11-9-18)20-12-14-21(15-13-20)26(30)31-22-16-23(27)25(29)24(28)17-22;1-2-3-4-5-6-7-16-8-10-17(11-9-16)18-12-14-19(15-13-18)20(21)22;7-4-1-3(10)2-5(8)6(4)9;2-1-3/h8-17H,2-7H2,1H3;8-15H,2-7H2,1H3,(H,21,22);1-2,10H;1H2. The molecule has 0 aromatic heterocycles. The fourth-order valence-electron chi connectivity index (χ4n) is 6.50. The Balaban J connectivity index is 0.000000285. The number of aromatic carboxylic acids is 1. The number of phenols is 1. The smallest absolute Gasteiger partial charge is 0.343 e. The number of esters is 1. The van der Waals surface area contributed by atoms with Crippen LogP contribution >= 0.6 is 23.2 Å².